The SMILES string of the molecule is CCCN(C)[C@H]1C[C@@H](C)O[C@@H](O[C@@H]2[C@@H](C)[C@H](OC(=O)N3C(=O)OC[C@@H]3C)[C@@H](C)C(=O)O[C@@H](CC)[C@@]3(C)OC(=O)N(CCc4ccc(F)cc4)[C@@H]3[C@H](C)C(=O)[C@H](C)C[C@]2(C)OC)[C@@H]1O. The van der Waals surface area contributed by atoms with Crippen molar-refractivity contribution in [2.24, 2.45) is 23.7 Å². The molecule has 4 aliphatic heterocycles. The molecule has 4 heterocycles. The number of fused-ring (bicyclic) bond motifs is 1. The standard InChI is InChI=1S/C46H70FN3O13/c1-13-20-48(11)33-22-27(5)59-41(36(33)52)62-39-29(7)37(61-44(56)50-26(4)24-58-43(50)55)30(8)40(53)60-34(14-2)46(10)38(28(6)35(51)25(3)23-45(39,9)57-12)49(42(54)63-46)21-19-31-15-17-32(47)18-16-31/h15-18,25-30,33-34,36-39,41,52H,13-14,19-24H2,1-12H3/t25-,26+,27-,28-,29+,30-,33+,34+,36-,37+,38-,39-,41+,45+,46-/m1/s1. The number of cyclic esters (lactones) is 2. The largest absolute Gasteiger partial charge is 0.458 e. The van der Waals surface area contributed by atoms with Crippen molar-refractivity contribution in [2.75, 3.05) is 33.9 Å². The zero-order valence-corrected chi connectivity index (χ0v) is 39.0. The van der Waals surface area contributed by atoms with E-state index in [4.69, 9.17) is 33.2 Å². The summed E-state index contributed by atoms with van der Waals surface area (Å²) in [7, 11) is 3.40. The van der Waals surface area contributed by atoms with Gasteiger partial charge in [-0.15, -0.1) is 0 Å². The summed E-state index contributed by atoms with van der Waals surface area (Å²) < 4.78 is 57.1. The Kier molecular flexibility index (Phi) is 16.3. The summed E-state index contributed by atoms with van der Waals surface area (Å²) in [6, 6.07) is 4.00. The van der Waals surface area contributed by atoms with E-state index < -0.39 is 108 Å². The third kappa shape index (κ3) is 10.5. The van der Waals surface area contributed by atoms with E-state index in [2.05, 4.69) is 4.90 Å². The molecule has 0 saturated carbocycles. The minimum Gasteiger partial charge on any atom is -0.458 e. The second-order valence-electron chi connectivity index (χ2n) is 18.7. The molecule has 0 aliphatic carbocycles. The fourth-order valence-corrected chi connectivity index (χ4v) is 10.3. The zero-order chi connectivity index (χ0) is 46.7. The number of methoxy groups -OCH3 is 1. The third-order valence-electron chi connectivity index (χ3n) is 13.9. The molecule has 0 spiro atoms. The molecule has 0 unspecified atom stereocenters. The zero-order valence-electron chi connectivity index (χ0n) is 39.0. The van der Waals surface area contributed by atoms with Crippen LogP contribution in [-0.2, 0) is 49.2 Å². The van der Waals surface area contributed by atoms with Crippen LogP contribution in [0.25, 0.3) is 0 Å². The number of hydrogen-bond donors (Lipinski definition) is 1. The molecule has 17 heteroatoms. The Bertz CT molecular complexity index is 1790. The van der Waals surface area contributed by atoms with E-state index in [0.29, 0.717) is 19.4 Å². The fraction of sp³-hybridized carbons (Fsp3) is 0.761. The quantitative estimate of drug-likeness (QED) is 0.198. The molecule has 4 fully saturated rings. The van der Waals surface area contributed by atoms with Crippen molar-refractivity contribution in [3.63, 3.8) is 0 Å². The van der Waals surface area contributed by atoms with Gasteiger partial charge >= 0.3 is 24.2 Å². The van der Waals surface area contributed by atoms with Crippen LogP contribution in [0.3, 0.4) is 0 Å². The summed E-state index contributed by atoms with van der Waals surface area (Å²) in [4.78, 5) is 74.7. The van der Waals surface area contributed by atoms with Gasteiger partial charge in [0.25, 0.3) is 0 Å². The number of aliphatic hydroxyl groups excluding tert-OH is 1. The Balaban J connectivity index is 1.62. The molecule has 5 rings (SSSR count). The van der Waals surface area contributed by atoms with Crippen LogP contribution in [-0.4, -0.2) is 150 Å². The molecule has 0 bridgehead atoms. The number of aliphatic hydroxyl groups is 1. The molecule has 16 nitrogen and oxygen atoms in total. The summed E-state index contributed by atoms with van der Waals surface area (Å²) in [6.45, 7) is 18.3. The number of imide groups is 1. The molecule has 15 atom stereocenters. The van der Waals surface area contributed by atoms with Crippen LogP contribution >= 0.6 is 0 Å². The predicted molar refractivity (Wildman–Crippen MR) is 227 cm³/mol. The number of carbonyl (C=O) groups excluding carboxylic acids is 5. The number of halogens is 1. The Labute approximate surface area is 371 Å². The summed E-state index contributed by atoms with van der Waals surface area (Å²) in [6.07, 6.45) is -7.00. The monoisotopic (exact) mass is 891 g/mol. The van der Waals surface area contributed by atoms with Gasteiger partial charge in [-0.25, -0.2) is 23.7 Å². The van der Waals surface area contributed by atoms with Crippen LogP contribution in [0, 0.1) is 29.5 Å². The first-order valence-corrected chi connectivity index (χ1v) is 22.5. The van der Waals surface area contributed by atoms with Crippen molar-refractivity contribution >= 4 is 30.0 Å². The van der Waals surface area contributed by atoms with Crippen LogP contribution < -0.4 is 0 Å². The smallest absolute Gasteiger partial charge is 0.419 e. The normalized spacial score (nSPS) is 38.2. The van der Waals surface area contributed by atoms with E-state index in [-0.39, 0.29) is 43.9 Å². The molecule has 1 aromatic carbocycles. The second-order valence-corrected chi connectivity index (χ2v) is 18.7. The van der Waals surface area contributed by atoms with Gasteiger partial charge in [0, 0.05) is 37.5 Å². The van der Waals surface area contributed by atoms with Crippen LogP contribution in [0.15, 0.2) is 24.3 Å². The minimum atomic E-state index is -1.53. The molecule has 0 radical (unpaired) electrons. The number of ether oxygens (including phenoxy) is 7. The van der Waals surface area contributed by atoms with Gasteiger partial charge in [0.05, 0.1) is 35.8 Å². The van der Waals surface area contributed by atoms with Gasteiger partial charge in [0.2, 0.25) is 0 Å². The number of benzene rings is 1. The fourth-order valence-electron chi connectivity index (χ4n) is 10.3. The van der Waals surface area contributed by atoms with Gasteiger partial charge in [0.15, 0.2) is 11.9 Å². The van der Waals surface area contributed by atoms with Gasteiger partial charge < -0.3 is 43.2 Å². The number of amides is 3. The maximum Gasteiger partial charge on any atom is 0.419 e. The van der Waals surface area contributed by atoms with E-state index in [1.807, 2.05) is 20.9 Å². The molecular weight excluding hydrogens is 822 g/mol. The lowest BCUT2D eigenvalue weighted by Crippen LogP contribution is -2.61. The van der Waals surface area contributed by atoms with Crippen molar-refractivity contribution in [1.82, 2.24) is 14.7 Å². The number of Topliss-reactive ketones (excluding diaryl/α,β-unsaturated/α-hetero) is 1. The molecule has 4 aliphatic rings. The van der Waals surface area contributed by atoms with Crippen molar-refractivity contribution in [2.45, 2.75) is 167 Å². The Morgan fingerprint density at radius 3 is 2.25 bits per heavy atom. The molecule has 354 valence electrons. The molecular formula is C46H70FN3O13. The Morgan fingerprint density at radius 1 is 1.00 bits per heavy atom. The van der Waals surface area contributed by atoms with Gasteiger partial charge in [-0.05, 0) is 98.0 Å². The maximum atomic E-state index is 14.9. The average Bonchev–Trinajstić information content (AvgIpc) is 3.72. The topological polar surface area (TPSA) is 180 Å². The third-order valence-corrected chi connectivity index (χ3v) is 13.9. The predicted octanol–water partition coefficient (Wildman–Crippen LogP) is 6.13. The van der Waals surface area contributed by atoms with E-state index in [1.54, 1.807) is 60.6 Å². The summed E-state index contributed by atoms with van der Waals surface area (Å²) >= 11 is 0. The summed E-state index contributed by atoms with van der Waals surface area (Å²) in [5, 5.41) is 11.9. The van der Waals surface area contributed by atoms with E-state index in [9.17, 15) is 33.5 Å². The van der Waals surface area contributed by atoms with Crippen molar-refractivity contribution in [3.8, 4) is 0 Å². The lowest BCUT2D eigenvalue weighted by atomic mass is 9.73. The summed E-state index contributed by atoms with van der Waals surface area (Å²) in [5.41, 5.74) is -2.16. The van der Waals surface area contributed by atoms with Crippen LogP contribution in [0.1, 0.15) is 100 Å². The molecule has 63 heavy (non-hydrogen) atoms. The first-order valence-electron chi connectivity index (χ1n) is 22.5. The van der Waals surface area contributed by atoms with Crippen LogP contribution in [0.4, 0.5) is 18.8 Å². The van der Waals surface area contributed by atoms with E-state index >= 15 is 0 Å². The number of carbonyl (C=O) groups is 5. The minimum absolute atomic E-state index is 0.0409. The molecule has 3 amide bonds. The van der Waals surface area contributed by atoms with E-state index in [1.165, 1.54) is 31.1 Å². The van der Waals surface area contributed by atoms with Crippen LogP contribution in [0.5, 0.6) is 0 Å². The van der Waals surface area contributed by atoms with Crippen LogP contribution in [0.2, 0.25) is 0 Å². The summed E-state index contributed by atoms with van der Waals surface area (Å²) in [5.74, 6) is -5.22. The lowest BCUT2D eigenvalue weighted by Gasteiger charge is -2.48. The maximum absolute atomic E-state index is 14.9. The van der Waals surface area contributed by atoms with Gasteiger partial charge in [-0.2, -0.15) is 0 Å². The van der Waals surface area contributed by atoms with Gasteiger partial charge in [0.1, 0.15) is 36.5 Å². The van der Waals surface area contributed by atoms with Gasteiger partial charge in [-0.1, -0.05) is 46.8 Å². The molecule has 0 aromatic heterocycles. The highest BCUT2D eigenvalue weighted by Crippen LogP contribution is 2.44. The first kappa shape index (κ1) is 50.1. The number of hydrogen-bond acceptors (Lipinski definition) is 14. The second kappa shape index (κ2) is 20.5. The van der Waals surface area contributed by atoms with Crippen molar-refractivity contribution < 1.29 is 66.6 Å². The molecule has 4 saturated heterocycles. The van der Waals surface area contributed by atoms with Gasteiger partial charge in [-0.3, -0.25) is 14.5 Å². The molecule has 1 N–H and O–H groups in total. The number of esters is 1. The average molecular weight is 892 g/mol. The molecule has 1 aromatic rings. The number of likely N-dealkylation sites (N-methyl/N-ethyl adjacent to an activating group) is 1. The first-order chi connectivity index (χ1) is 29.6. The number of nitrogens with zero attached hydrogens (tertiary/aromatic N) is 3. The lowest BCUT2D eigenvalue weighted by molar-refractivity contribution is -0.302. The van der Waals surface area contributed by atoms with Crippen molar-refractivity contribution in [1.29, 1.82) is 0 Å². The highest BCUT2D eigenvalue weighted by atomic mass is 19.1. The van der Waals surface area contributed by atoms with Crippen molar-refractivity contribution in [3.05, 3.63) is 35.6 Å². The highest BCUT2D eigenvalue weighted by molar-refractivity contribution is 5.90. The Hall–Kier alpha value is -3.90. The van der Waals surface area contributed by atoms with E-state index in [0.717, 1.165) is 16.9 Å². The number of ketones is 1. The highest BCUT2D eigenvalue weighted by Gasteiger charge is 2.60. The number of rotatable bonds is 11. The Morgan fingerprint density at radius 2 is 1.67 bits per heavy atom.